The molecule has 1 saturated carbocycles. The Balaban J connectivity index is 2.50. The van der Waals surface area contributed by atoms with Crippen molar-refractivity contribution in [2.75, 3.05) is 5.75 Å². The fourth-order valence-corrected chi connectivity index (χ4v) is 3.49. The van der Waals surface area contributed by atoms with Crippen LogP contribution in [0.2, 0.25) is 0 Å². The number of aliphatic hydroxyl groups excluding tert-OH is 1. The van der Waals surface area contributed by atoms with Crippen molar-refractivity contribution in [2.45, 2.75) is 58.1 Å². The number of rotatable bonds is 5. The molecule has 0 aromatic rings. The highest BCUT2D eigenvalue weighted by atomic mass is 32.2. The summed E-state index contributed by atoms with van der Waals surface area (Å²) in [6, 6.07) is 0. The summed E-state index contributed by atoms with van der Waals surface area (Å²) in [5.74, 6) is 2.15. The van der Waals surface area contributed by atoms with Crippen molar-refractivity contribution >= 4 is 17.5 Å². The quantitative estimate of drug-likeness (QED) is 0.594. The van der Waals surface area contributed by atoms with Gasteiger partial charge in [0, 0.05) is 23.7 Å². The highest BCUT2D eigenvalue weighted by molar-refractivity contribution is 7.99. The van der Waals surface area contributed by atoms with Crippen molar-refractivity contribution in [3.63, 3.8) is 0 Å². The van der Waals surface area contributed by atoms with E-state index < -0.39 is 0 Å². The summed E-state index contributed by atoms with van der Waals surface area (Å²) >= 11 is 1.97. The average Bonchev–Trinajstić information content (AvgIpc) is 2.28. The Morgan fingerprint density at radius 2 is 2.24 bits per heavy atom. The van der Waals surface area contributed by atoms with Gasteiger partial charge in [0.1, 0.15) is 0 Å². The smallest absolute Gasteiger partial charge is 0.162 e. The lowest BCUT2D eigenvalue weighted by Gasteiger charge is -2.25. The second kappa shape index (κ2) is 7.10. The Bertz CT molecular complexity index is 297. The van der Waals surface area contributed by atoms with E-state index in [0.717, 1.165) is 25.0 Å². The van der Waals surface area contributed by atoms with E-state index in [2.05, 4.69) is 13.8 Å². The number of carbonyl (C=O) groups excluding carboxylic acids is 1. The van der Waals surface area contributed by atoms with E-state index in [-0.39, 0.29) is 5.78 Å². The van der Waals surface area contributed by atoms with Crippen LogP contribution in [0.3, 0.4) is 0 Å². The van der Waals surface area contributed by atoms with Crippen molar-refractivity contribution < 1.29 is 9.90 Å². The van der Waals surface area contributed by atoms with E-state index in [1.54, 1.807) is 0 Å². The summed E-state index contributed by atoms with van der Waals surface area (Å²) in [5, 5.41) is 10.3. The number of thioether (sulfide) groups is 1. The van der Waals surface area contributed by atoms with Gasteiger partial charge < -0.3 is 5.11 Å². The Hall–Kier alpha value is -0.440. The summed E-state index contributed by atoms with van der Waals surface area (Å²) < 4.78 is 0. The van der Waals surface area contributed by atoms with Gasteiger partial charge in [0.25, 0.3) is 0 Å². The minimum absolute atomic E-state index is 0.175. The first-order valence-electron chi connectivity index (χ1n) is 6.64. The summed E-state index contributed by atoms with van der Waals surface area (Å²) in [6.07, 6.45) is 4.17. The summed E-state index contributed by atoms with van der Waals surface area (Å²) in [6.45, 7) is 6.31. The number of allylic oxidation sites excluding steroid dienone is 2. The highest BCUT2D eigenvalue weighted by Crippen LogP contribution is 2.32. The molecule has 3 heteroatoms. The maximum atomic E-state index is 11.9. The number of aliphatic hydroxyl groups is 1. The third-order valence-corrected chi connectivity index (χ3v) is 4.51. The van der Waals surface area contributed by atoms with Gasteiger partial charge in [0.05, 0.1) is 5.76 Å². The van der Waals surface area contributed by atoms with Crippen LogP contribution < -0.4 is 0 Å². The molecule has 0 aliphatic heterocycles. The molecule has 0 heterocycles. The number of hydrogen-bond acceptors (Lipinski definition) is 3. The molecular formula is C14H24O2S. The van der Waals surface area contributed by atoms with Gasteiger partial charge in [-0.2, -0.15) is 11.8 Å². The molecule has 1 rings (SSSR count). The molecule has 0 radical (unpaired) electrons. The number of hydrogen-bond donors (Lipinski definition) is 1. The minimum atomic E-state index is 0.175. The van der Waals surface area contributed by atoms with Crippen LogP contribution in [0.5, 0.6) is 0 Å². The third kappa shape index (κ3) is 4.38. The van der Waals surface area contributed by atoms with Gasteiger partial charge in [0.2, 0.25) is 0 Å². The molecule has 0 bridgehead atoms. The fourth-order valence-electron chi connectivity index (χ4n) is 2.52. The van der Waals surface area contributed by atoms with E-state index in [1.165, 1.54) is 0 Å². The van der Waals surface area contributed by atoms with Crippen molar-refractivity contribution in [1.82, 2.24) is 0 Å². The van der Waals surface area contributed by atoms with Crippen molar-refractivity contribution in [3.05, 3.63) is 11.3 Å². The zero-order valence-corrected chi connectivity index (χ0v) is 12.0. The largest absolute Gasteiger partial charge is 0.512 e. The van der Waals surface area contributed by atoms with Gasteiger partial charge in [-0.25, -0.2) is 0 Å². The van der Waals surface area contributed by atoms with Crippen LogP contribution in [0.1, 0.15) is 52.9 Å². The van der Waals surface area contributed by atoms with Gasteiger partial charge in [-0.05, 0) is 30.9 Å². The highest BCUT2D eigenvalue weighted by Gasteiger charge is 2.26. The molecule has 98 valence electrons. The molecule has 2 nitrogen and oxygen atoms in total. The lowest BCUT2D eigenvalue weighted by molar-refractivity contribution is -0.117. The predicted octanol–water partition coefficient (Wildman–Crippen LogP) is 4.11. The summed E-state index contributed by atoms with van der Waals surface area (Å²) in [5.41, 5.74) is 0.694. The van der Waals surface area contributed by atoms with E-state index in [1.807, 2.05) is 18.7 Å². The molecule has 2 unspecified atom stereocenters. The van der Waals surface area contributed by atoms with Gasteiger partial charge in [0.15, 0.2) is 5.78 Å². The van der Waals surface area contributed by atoms with Crippen LogP contribution in [0, 0.1) is 5.92 Å². The molecule has 17 heavy (non-hydrogen) atoms. The predicted molar refractivity (Wildman–Crippen MR) is 74.5 cm³/mol. The Morgan fingerprint density at radius 1 is 1.53 bits per heavy atom. The fraction of sp³-hybridized carbons (Fsp3) is 0.786. The van der Waals surface area contributed by atoms with Gasteiger partial charge in [-0.1, -0.05) is 20.8 Å². The first-order chi connectivity index (χ1) is 8.08. The van der Waals surface area contributed by atoms with Gasteiger partial charge in [-0.15, -0.1) is 0 Å². The molecule has 0 amide bonds. The molecule has 1 N–H and O–H groups in total. The topological polar surface area (TPSA) is 37.3 Å². The lowest BCUT2D eigenvalue weighted by Crippen LogP contribution is -2.21. The number of carbonyl (C=O) groups is 1. The molecule has 0 aromatic carbocycles. The molecule has 0 saturated heterocycles. The van der Waals surface area contributed by atoms with Crippen LogP contribution in [-0.4, -0.2) is 21.9 Å². The second-order valence-electron chi connectivity index (χ2n) is 4.81. The molecule has 0 spiro atoms. The van der Waals surface area contributed by atoms with Crippen LogP contribution >= 0.6 is 11.8 Å². The van der Waals surface area contributed by atoms with E-state index in [9.17, 15) is 9.90 Å². The zero-order chi connectivity index (χ0) is 12.8. The SMILES string of the molecule is CCSC(C)CC1CCC(=C(O)CC)C(=O)C1. The molecule has 1 aliphatic carbocycles. The standard InChI is InChI=1S/C14H24O2S/c1-4-13(15)12-7-6-11(9-14(12)16)8-10(3)17-5-2/h10-11,15H,4-9H2,1-3H3. The van der Waals surface area contributed by atoms with Crippen LogP contribution in [-0.2, 0) is 4.79 Å². The summed E-state index contributed by atoms with van der Waals surface area (Å²) in [4.78, 5) is 11.9. The number of Topliss-reactive ketones (excluding diaryl/α,β-unsaturated/α-hetero) is 1. The van der Waals surface area contributed by atoms with E-state index in [4.69, 9.17) is 0 Å². The third-order valence-electron chi connectivity index (χ3n) is 3.41. The maximum Gasteiger partial charge on any atom is 0.162 e. The first-order valence-corrected chi connectivity index (χ1v) is 7.69. The minimum Gasteiger partial charge on any atom is -0.512 e. The Morgan fingerprint density at radius 3 is 2.76 bits per heavy atom. The lowest BCUT2D eigenvalue weighted by atomic mass is 9.81. The molecule has 0 aromatic heterocycles. The van der Waals surface area contributed by atoms with Gasteiger partial charge in [-0.3, -0.25) is 4.79 Å². The van der Waals surface area contributed by atoms with Crippen molar-refractivity contribution in [2.24, 2.45) is 5.92 Å². The van der Waals surface area contributed by atoms with Crippen molar-refractivity contribution in [3.8, 4) is 0 Å². The van der Waals surface area contributed by atoms with Gasteiger partial charge >= 0.3 is 0 Å². The second-order valence-corrected chi connectivity index (χ2v) is 6.53. The maximum absolute atomic E-state index is 11.9. The summed E-state index contributed by atoms with van der Waals surface area (Å²) in [7, 11) is 0. The molecule has 2 atom stereocenters. The normalized spacial score (nSPS) is 25.8. The average molecular weight is 256 g/mol. The Labute approximate surface area is 109 Å². The molecule has 1 aliphatic rings. The van der Waals surface area contributed by atoms with Crippen LogP contribution in [0.15, 0.2) is 11.3 Å². The van der Waals surface area contributed by atoms with Crippen LogP contribution in [0.4, 0.5) is 0 Å². The van der Waals surface area contributed by atoms with Crippen molar-refractivity contribution in [1.29, 1.82) is 0 Å². The van der Waals surface area contributed by atoms with E-state index in [0.29, 0.717) is 35.3 Å². The monoisotopic (exact) mass is 256 g/mol. The Kier molecular flexibility index (Phi) is 6.10. The van der Waals surface area contributed by atoms with Crippen LogP contribution in [0.25, 0.3) is 0 Å². The van der Waals surface area contributed by atoms with E-state index >= 15 is 0 Å². The zero-order valence-electron chi connectivity index (χ0n) is 11.2. The first kappa shape index (κ1) is 14.6. The molecule has 1 fully saturated rings. The number of ketones is 1. The molecular weight excluding hydrogens is 232 g/mol.